The van der Waals surface area contributed by atoms with E-state index in [0.717, 1.165) is 5.39 Å². The van der Waals surface area contributed by atoms with Crippen LogP contribution >= 0.6 is 0 Å². The Balaban J connectivity index is 1.69. The van der Waals surface area contributed by atoms with Gasteiger partial charge in [0.05, 0.1) is 23.2 Å². The number of aromatic amines is 1. The molecule has 2 heterocycles. The van der Waals surface area contributed by atoms with Gasteiger partial charge in [-0.3, -0.25) is 10.00 Å². The molecule has 10 heteroatoms. The molecule has 2 aromatic rings. The van der Waals surface area contributed by atoms with Crippen molar-refractivity contribution in [1.82, 2.24) is 19.8 Å². The molecule has 0 aliphatic carbocycles. The Bertz CT molecular complexity index is 803. The third kappa shape index (κ3) is 3.82. The van der Waals surface area contributed by atoms with Crippen molar-refractivity contribution < 1.29 is 21.6 Å². The van der Waals surface area contributed by atoms with E-state index in [4.69, 9.17) is 0 Å². The van der Waals surface area contributed by atoms with Gasteiger partial charge in [-0.15, -0.1) is 0 Å². The first-order valence-corrected chi connectivity index (χ1v) is 8.46. The average Bonchev–Trinajstić information content (AvgIpc) is 3.04. The van der Waals surface area contributed by atoms with E-state index in [1.165, 1.54) is 17.0 Å². The Morgan fingerprint density at radius 3 is 2.91 bits per heavy atom. The minimum absolute atomic E-state index is 0.0467. The van der Waals surface area contributed by atoms with Crippen LogP contribution in [0.3, 0.4) is 0 Å². The standard InChI is InChI=1S/C13H15F3N4O2S/c14-13(15,16)8-20-4-3-10(7-20)19-23(21,22)11-2-1-9-6-17-18-12(9)5-11/h1-2,5-6,10,19H,3-4,7-8H2,(H,17,18)/t10-/m0/s1. The summed E-state index contributed by atoms with van der Waals surface area (Å²) in [6.07, 6.45) is -2.35. The Kier molecular flexibility index (Phi) is 4.07. The van der Waals surface area contributed by atoms with Crippen LogP contribution in [0.15, 0.2) is 29.3 Å². The van der Waals surface area contributed by atoms with Crippen molar-refractivity contribution in [3.8, 4) is 0 Å². The first kappa shape index (κ1) is 16.2. The topological polar surface area (TPSA) is 78.1 Å². The van der Waals surface area contributed by atoms with Gasteiger partial charge in [-0.1, -0.05) is 0 Å². The largest absolute Gasteiger partial charge is 0.401 e. The molecule has 0 saturated carbocycles. The van der Waals surface area contributed by atoms with Gasteiger partial charge in [0.25, 0.3) is 0 Å². The number of halogens is 3. The van der Waals surface area contributed by atoms with Crippen LogP contribution in [0.5, 0.6) is 0 Å². The molecule has 23 heavy (non-hydrogen) atoms. The number of sulfonamides is 1. The maximum Gasteiger partial charge on any atom is 0.401 e. The number of H-pyrrole nitrogens is 1. The number of nitrogens with zero attached hydrogens (tertiary/aromatic N) is 2. The summed E-state index contributed by atoms with van der Waals surface area (Å²) in [6.45, 7) is -0.761. The van der Waals surface area contributed by atoms with E-state index in [1.54, 1.807) is 12.3 Å². The van der Waals surface area contributed by atoms with Gasteiger partial charge in [0.2, 0.25) is 10.0 Å². The maximum atomic E-state index is 12.4. The second-order valence-electron chi connectivity index (χ2n) is 5.58. The maximum absolute atomic E-state index is 12.4. The van der Waals surface area contributed by atoms with E-state index in [1.807, 2.05) is 0 Å². The second-order valence-corrected chi connectivity index (χ2v) is 7.29. The third-order valence-corrected chi connectivity index (χ3v) is 5.24. The summed E-state index contributed by atoms with van der Waals surface area (Å²) in [7, 11) is -3.79. The summed E-state index contributed by atoms with van der Waals surface area (Å²) in [6, 6.07) is 3.99. The highest BCUT2D eigenvalue weighted by atomic mass is 32.2. The van der Waals surface area contributed by atoms with Gasteiger partial charge in [0.1, 0.15) is 0 Å². The highest BCUT2D eigenvalue weighted by Crippen LogP contribution is 2.22. The summed E-state index contributed by atoms with van der Waals surface area (Å²) in [5.74, 6) is 0. The fourth-order valence-electron chi connectivity index (χ4n) is 2.70. The highest BCUT2D eigenvalue weighted by molar-refractivity contribution is 7.89. The Labute approximate surface area is 130 Å². The summed E-state index contributed by atoms with van der Waals surface area (Å²) in [5.41, 5.74) is 0.581. The van der Waals surface area contributed by atoms with Gasteiger partial charge in [-0.2, -0.15) is 18.3 Å². The molecule has 1 saturated heterocycles. The molecular weight excluding hydrogens is 333 g/mol. The molecule has 0 spiro atoms. The molecule has 1 atom stereocenters. The molecule has 0 bridgehead atoms. The zero-order valence-electron chi connectivity index (χ0n) is 12.0. The van der Waals surface area contributed by atoms with Crippen molar-refractivity contribution in [3.63, 3.8) is 0 Å². The van der Waals surface area contributed by atoms with Gasteiger partial charge in [0, 0.05) is 24.5 Å². The van der Waals surface area contributed by atoms with Crippen LogP contribution in [0.25, 0.3) is 10.9 Å². The number of alkyl halides is 3. The minimum Gasteiger partial charge on any atom is -0.293 e. The van der Waals surface area contributed by atoms with Crippen molar-refractivity contribution >= 4 is 20.9 Å². The van der Waals surface area contributed by atoms with Crippen molar-refractivity contribution in [2.24, 2.45) is 0 Å². The Morgan fingerprint density at radius 1 is 1.39 bits per heavy atom. The average molecular weight is 348 g/mol. The van der Waals surface area contributed by atoms with Gasteiger partial charge >= 0.3 is 6.18 Å². The zero-order chi connectivity index (χ0) is 16.7. The quantitative estimate of drug-likeness (QED) is 0.877. The lowest BCUT2D eigenvalue weighted by atomic mass is 10.3. The fraction of sp³-hybridized carbons (Fsp3) is 0.462. The molecule has 6 nitrogen and oxygen atoms in total. The van der Waals surface area contributed by atoms with E-state index in [2.05, 4.69) is 14.9 Å². The Morgan fingerprint density at radius 2 is 2.17 bits per heavy atom. The molecule has 1 fully saturated rings. The zero-order valence-corrected chi connectivity index (χ0v) is 12.8. The number of hydrogen-bond acceptors (Lipinski definition) is 4. The second kappa shape index (κ2) is 5.77. The normalized spacial score (nSPS) is 20.4. The first-order chi connectivity index (χ1) is 10.7. The molecule has 1 aliphatic heterocycles. The molecule has 2 N–H and O–H groups in total. The predicted octanol–water partition coefficient (Wildman–Crippen LogP) is 1.48. The monoisotopic (exact) mass is 348 g/mol. The van der Waals surface area contributed by atoms with Crippen LogP contribution in [0.2, 0.25) is 0 Å². The number of benzene rings is 1. The van der Waals surface area contributed by atoms with Crippen molar-refractivity contribution in [2.45, 2.75) is 23.5 Å². The van der Waals surface area contributed by atoms with E-state index in [0.29, 0.717) is 11.9 Å². The predicted molar refractivity (Wildman–Crippen MR) is 77.3 cm³/mol. The van der Waals surface area contributed by atoms with Gasteiger partial charge in [-0.05, 0) is 24.6 Å². The number of hydrogen-bond donors (Lipinski definition) is 2. The van der Waals surface area contributed by atoms with E-state index in [-0.39, 0.29) is 18.0 Å². The number of rotatable bonds is 4. The summed E-state index contributed by atoms with van der Waals surface area (Å²) < 4.78 is 64.3. The van der Waals surface area contributed by atoms with Gasteiger partial charge < -0.3 is 0 Å². The van der Waals surface area contributed by atoms with E-state index < -0.39 is 28.8 Å². The van der Waals surface area contributed by atoms with Crippen LogP contribution < -0.4 is 4.72 Å². The number of fused-ring (bicyclic) bond motifs is 1. The molecule has 0 radical (unpaired) electrons. The fourth-order valence-corrected chi connectivity index (χ4v) is 3.98. The minimum atomic E-state index is -4.28. The number of nitrogens with one attached hydrogen (secondary N) is 2. The SMILES string of the molecule is O=S(=O)(N[C@H]1CCN(CC(F)(F)F)C1)c1ccc2cn[nH]c2c1. The molecule has 3 rings (SSSR count). The summed E-state index contributed by atoms with van der Waals surface area (Å²) in [4.78, 5) is 1.26. The lowest BCUT2D eigenvalue weighted by Gasteiger charge is -2.18. The molecular formula is C13H15F3N4O2S. The first-order valence-electron chi connectivity index (χ1n) is 6.97. The van der Waals surface area contributed by atoms with E-state index >= 15 is 0 Å². The Hall–Kier alpha value is -1.65. The molecule has 126 valence electrons. The van der Waals surface area contributed by atoms with Crippen LogP contribution in [-0.4, -0.2) is 55.4 Å². The summed E-state index contributed by atoms with van der Waals surface area (Å²) >= 11 is 0. The van der Waals surface area contributed by atoms with Crippen LogP contribution in [0, 0.1) is 0 Å². The van der Waals surface area contributed by atoms with Crippen molar-refractivity contribution in [3.05, 3.63) is 24.4 Å². The van der Waals surface area contributed by atoms with Crippen molar-refractivity contribution in [1.29, 1.82) is 0 Å². The molecule has 0 unspecified atom stereocenters. The number of aromatic nitrogens is 2. The van der Waals surface area contributed by atoms with Gasteiger partial charge in [-0.25, -0.2) is 13.1 Å². The lowest BCUT2D eigenvalue weighted by molar-refractivity contribution is -0.143. The van der Waals surface area contributed by atoms with E-state index in [9.17, 15) is 21.6 Å². The summed E-state index contributed by atoms with van der Waals surface area (Å²) in [5, 5.41) is 7.28. The van der Waals surface area contributed by atoms with Crippen LogP contribution in [0.1, 0.15) is 6.42 Å². The van der Waals surface area contributed by atoms with Crippen molar-refractivity contribution in [2.75, 3.05) is 19.6 Å². The molecule has 1 aromatic heterocycles. The van der Waals surface area contributed by atoms with Gasteiger partial charge in [0.15, 0.2) is 0 Å². The highest BCUT2D eigenvalue weighted by Gasteiger charge is 2.35. The van der Waals surface area contributed by atoms with Crippen LogP contribution in [0.4, 0.5) is 13.2 Å². The third-order valence-electron chi connectivity index (χ3n) is 3.72. The molecule has 1 aliphatic rings. The van der Waals surface area contributed by atoms with Crippen LogP contribution in [-0.2, 0) is 10.0 Å². The molecule has 1 aromatic carbocycles. The number of likely N-dealkylation sites (tertiary alicyclic amines) is 1. The lowest BCUT2D eigenvalue weighted by Crippen LogP contribution is -2.39. The smallest absolute Gasteiger partial charge is 0.293 e. The molecule has 0 amide bonds.